The monoisotopic (exact) mass is 225 g/mol. The van der Waals surface area contributed by atoms with Crippen molar-refractivity contribution in [1.29, 1.82) is 0 Å². The van der Waals surface area contributed by atoms with Crippen LogP contribution in [0.1, 0.15) is 31.9 Å². The lowest BCUT2D eigenvalue weighted by Crippen LogP contribution is -2.31. The molecule has 0 unspecified atom stereocenters. The average Bonchev–Trinajstić information content (AvgIpc) is 2.29. The van der Waals surface area contributed by atoms with Crippen molar-refractivity contribution < 1.29 is 0 Å². The maximum atomic E-state index is 5.97. The molecule has 0 amide bonds. The van der Waals surface area contributed by atoms with Crippen LogP contribution in [0.25, 0.3) is 0 Å². The standard InChI is InChI=1S/C11H16ClN3/c1-2-9-8-10(12)14-11(13-9)15-6-4-3-5-7-15/h8H,2-7H2,1H3. The first-order chi connectivity index (χ1) is 7.29. The first kappa shape index (κ1) is 10.7. The second-order valence-corrected chi connectivity index (χ2v) is 4.27. The molecule has 0 aliphatic carbocycles. The van der Waals surface area contributed by atoms with Gasteiger partial charge in [0.2, 0.25) is 5.95 Å². The molecule has 1 aromatic heterocycles. The molecule has 2 heterocycles. The van der Waals surface area contributed by atoms with Gasteiger partial charge in [0.1, 0.15) is 5.15 Å². The van der Waals surface area contributed by atoms with Crippen LogP contribution in [0.4, 0.5) is 5.95 Å². The van der Waals surface area contributed by atoms with Crippen molar-refractivity contribution >= 4 is 17.5 Å². The molecule has 1 fully saturated rings. The number of aryl methyl sites for hydroxylation is 1. The highest BCUT2D eigenvalue weighted by Crippen LogP contribution is 2.18. The zero-order chi connectivity index (χ0) is 10.7. The van der Waals surface area contributed by atoms with Crippen molar-refractivity contribution in [2.75, 3.05) is 18.0 Å². The molecule has 0 aromatic carbocycles. The van der Waals surface area contributed by atoms with Crippen LogP contribution in [0.3, 0.4) is 0 Å². The Labute approximate surface area is 95.5 Å². The van der Waals surface area contributed by atoms with E-state index in [0.29, 0.717) is 5.15 Å². The van der Waals surface area contributed by atoms with E-state index >= 15 is 0 Å². The third-order valence-corrected chi connectivity index (χ3v) is 2.93. The van der Waals surface area contributed by atoms with Gasteiger partial charge in [-0.15, -0.1) is 0 Å². The summed E-state index contributed by atoms with van der Waals surface area (Å²) in [6.45, 7) is 4.20. The number of rotatable bonds is 2. The number of aromatic nitrogens is 2. The second kappa shape index (κ2) is 4.79. The summed E-state index contributed by atoms with van der Waals surface area (Å²) in [5.41, 5.74) is 1.02. The van der Waals surface area contributed by atoms with Crippen molar-refractivity contribution in [2.45, 2.75) is 32.6 Å². The zero-order valence-electron chi connectivity index (χ0n) is 9.04. The Bertz CT molecular complexity index is 335. The van der Waals surface area contributed by atoms with Gasteiger partial charge >= 0.3 is 0 Å². The Morgan fingerprint density at radius 1 is 1.27 bits per heavy atom. The molecular formula is C11H16ClN3. The first-order valence-electron chi connectivity index (χ1n) is 5.58. The van der Waals surface area contributed by atoms with Crippen molar-refractivity contribution in [3.05, 3.63) is 16.9 Å². The number of hydrogen-bond acceptors (Lipinski definition) is 3. The Hall–Kier alpha value is -0.830. The summed E-state index contributed by atoms with van der Waals surface area (Å²) in [7, 11) is 0. The number of nitrogens with zero attached hydrogens (tertiary/aromatic N) is 3. The van der Waals surface area contributed by atoms with Gasteiger partial charge in [-0.3, -0.25) is 0 Å². The van der Waals surface area contributed by atoms with E-state index in [1.165, 1.54) is 19.3 Å². The van der Waals surface area contributed by atoms with Crippen molar-refractivity contribution in [2.24, 2.45) is 0 Å². The van der Waals surface area contributed by atoms with Crippen LogP contribution in [-0.2, 0) is 6.42 Å². The highest BCUT2D eigenvalue weighted by Gasteiger charge is 2.14. The zero-order valence-corrected chi connectivity index (χ0v) is 9.80. The van der Waals surface area contributed by atoms with Crippen LogP contribution >= 0.6 is 11.6 Å². The molecule has 15 heavy (non-hydrogen) atoms. The van der Waals surface area contributed by atoms with Gasteiger partial charge in [0.05, 0.1) is 0 Å². The largest absolute Gasteiger partial charge is 0.341 e. The third kappa shape index (κ3) is 2.59. The number of piperidine rings is 1. The minimum atomic E-state index is 0.558. The van der Waals surface area contributed by atoms with Crippen molar-refractivity contribution in [1.82, 2.24) is 9.97 Å². The molecule has 0 saturated carbocycles. The van der Waals surface area contributed by atoms with Crippen LogP contribution in [-0.4, -0.2) is 23.1 Å². The quantitative estimate of drug-likeness (QED) is 0.725. The normalized spacial score (nSPS) is 16.8. The highest BCUT2D eigenvalue weighted by atomic mass is 35.5. The van der Waals surface area contributed by atoms with E-state index in [1.807, 2.05) is 6.07 Å². The first-order valence-corrected chi connectivity index (χ1v) is 5.96. The summed E-state index contributed by atoms with van der Waals surface area (Å²) < 4.78 is 0. The Morgan fingerprint density at radius 2 is 2.00 bits per heavy atom. The number of anilines is 1. The molecule has 1 aliphatic heterocycles. The van der Waals surface area contributed by atoms with Crippen molar-refractivity contribution in [3.8, 4) is 0 Å². The molecule has 1 aliphatic rings. The Balaban J connectivity index is 2.22. The lowest BCUT2D eigenvalue weighted by Gasteiger charge is -2.26. The van der Waals surface area contributed by atoms with Crippen LogP contribution < -0.4 is 4.90 Å². The maximum absolute atomic E-state index is 5.97. The molecule has 1 saturated heterocycles. The van der Waals surface area contributed by atoms with E-state index in [2.05, 4.69) is 21.8 Å². The summed E-state index contributed by atoms with van der Waals surface area (Å²) >= 11 is 5.97. The van der Waals surface area contributed by atoms with E-state index in [-0.39, 0.29) is 0 Å². The highest BCUT2D eigenvalue weighted by molar-refractivity contribution is 6.29. The van der Waals surface area contributed by atoms with E-state index in [0.717, 1.165) is 31.2 Å². The summed E-state index contributed by atoms with van der Waals surface area (Å²) in [5.74, 6) is 0.805. The molecule has 3 nitrogen and oxygen atoms in total. The lowest BCUT2D eigenvalue weighted by atomic mass is 10.1. The second-order valence-electron chi connectivity index (χ2n) is 3.88. The maximum Gasteiger partial charge on any atom is 0.226 e. The predicted molar refractivity (Wildman–Crippen MR) is 62.5 cm³/mol. The molecule has 0 bridgehead atoms. The summed E-state index contributed by atoms with van der Waals surface area (Å²) in [4.78, 5) is 11.0. The van der Waals surface area contributed by atoms with E-state index in [1.54, 1.807) is 0 Å². The predicted octanol–water partition coefficient (Wildman–Crippen LogP) is 2.68. The Morgan fingerprint density at radius 3 is 2.67 bits per heavy atom. The van der Waals surface area contributed by atoms with Crippen LogP contribution in [0, 0.1) is 0 Å². The minimum Gasteiger partial charge on any atom is -0.341 e. The Kier molecular flexibility index (Phi) is 3.41. The van der Waals surface area contributed by atoms with Gasteiger partial charge in [-0.05, 0) is 31.7 Å². The molecule has 1 aromatic rings. The van der Waals surface area contributed by atoms with Crippen LogP contribution in [0.5, 0.6) is 0 Å². The summed E-state index contributed by atoms with van der Waals surface area (Å²) in [5, 5.41) is 0.558. The van der Waals surface area contributed by atoms with Gasteiger partial charge in [-0.2, -0.15) is 0 Å². The number of halogens is 1. The molecular weight excluding hydrogens is 210 g/mol. The van der Waals surface area contributed by atoms with Crippen molar-refractivity contribution in [3.63, 3.8) is 0 Å². The van der Waals surface area contributed by atoms with Gasteiger partial charge in [0, 0.05) is 18.8 Å². The molecule has 0 spiro atoms. The van der Waals surface area contributed by atoms with Crippen LogP contribution in [0.2, 0.25) is 5.15 Å². The fraction of sp³-hybridized carbons (Fsp3) is 0.636. The average molecular weight is 226 g/mol. The van der Waals surface area contributed by atoms with Gasteiger partial charge in [-0.1, -0.05) is 18.5 Å². The smallest absolute Gasteiger partial charge is 0.226 e. The molecule has 0 radical (unpaired) electrons. The van der Waals surface area contributed by atoms with E-state index in [4.69, 9.17) is 11.6 Å². The molecule has 2 rings (SSSR count). The molecule has 0 atom stereocenters. The van der Waals surface area contributed by atoms with Gasteiger partial charge in [0.15, 0.2) is 0 Å². The van der Waals surface area contributed by atoms with Gasteiger partial charge in [-0.25, -0.2) is 9.97 Å². The summed E-state index contributed by atoms with van der Waals surface area (Å²) in [6, 6.07) is 1.84. The van der Waals surface area contributed by atoms with Crippen LogP contribution in [0.15, 0.2) is 6.07 Å². The fourth-order valence-electron chi connectivity index (χ4n) is 1.87. The minimum absolute atomic E-state index is 0.558. The summed E-state index contributed by atoms with van der Waals surface area (Å²) in [6.07, 6.45) is 4.69. The topological polar surface area (TPSA) is 29.0 Å². The SMILES string of the molecule is CCc1cc(Cl)nc(N2CCCCC2)n1. The van der Waals surface area contributed by atoms with E-state index < -0.39 is 0 Å². The fourth-order valence-corrected chi connectivity index (χ4v) is 2.07. The molecule has 0 N–H and O–H groups in total. The molecule has 4 heteroatoms. The van der Waals surface area contributed by atoms with Gasteiger partial charge in [0.25, 0.3) is 0 Å². The third-order valence-electron chi connectivity index (χ3n) is 2.74. The molecule has 82 valence electrons. The number of hydrogen-bond donors (Lipinski definition) is 0. The van der Waals surface area contributed by atoms with E-state index in [9.17, 15) is 0 Å². The van der Waals surface area contributed by atoms with Gasteiger partial charge < -0.3 is 4.90 Å². The lowest BCUT2D eigenvalue weighted by molar-refractivity contribution is 0.567.